The van der Waals surface area contributed by atoms with Crippen molar-refractivity contribution in [2.75, 3.05) is 13.7 Å². The number of benzene rings is 1. The highest BCUT2D eigenvalue weighted by Gasteiger charge is 2.61. The normalized spacial score (nSPS) is 27.7. The number of hydrogen-bond acceptors (Lipinski definition) is 9. The zero-order valence-corrected chi connectivity index (χ0v) is 29.4. The van der Waals surface area contributed by atoms with E-state index in [0.717, 1.165) is 50.5 Å². The maximum atomic E-state index is 14.5. The van der Waals surface area contributed by atoms with Crippen LogP contribution in [0.2, 0.25) is 0 Å². The average molecular weight is 717 g/mol. The lowest BCUT2D eigenvalue weighted by Gasteiger charge is -2.30. The summed E-state index contributed by atoms with van der Waals surface area (Å²) in [4.78, 5) is 61.9. The van der Waals surface area contributed by atoms with Crippen LogP contribution in [0.3, 0.4) is 0 Å². The van der Waals surface area contributed by atoms with Crippen molar-refractivity contribution in [1.82, 2.24) is 40.8 Å². The molecule has 51 heavy (non-hydrogen) atoms. The number of hydrogen-bond donors (Lipinski definition) is 4. The van der Waals surface area contributed by atoms with Crippen LogP contribution in [0.15, 0.2) is 48.0 Å². The van der Waals surface area contributed by atoms with Crippen LogP contribution >= 0.6 is 11.3 Å². The Balaban J connectivity index is 1.21. The van der Waals surface area contributed by atoms with E-state index in [-0.39, 0.29) is 37.3 Å². The number of methoxy groups -OCH3 is 1. The van der Waals surface area contributed by atoms with Gasteiger partial charge in [0.15, 0.2) is 0 Å². The Morgan fingerprint density at radius 2 is 1.78 bits per heavy atom. The molecule has 5 atom stereocenters. The highest BCUT2D eigenvalue weighted by Crippen LogP contribution is 2.46. The van der Waals surface area contributed by atoms with E-state index in [2.05, 4.69) is 20.9 Å². The van der Waals surface area contributed by atoms with Crippen LogP contribution < -0.4 is 20.7 Å². The van der Waals surface area contributed by atoms with Gasteiger partial charge >= 0.3 is 12.0 Å². The standard InChI is InChI=1S/C36H44N8O6S/c1-50-26-15-13-22(14-16-26)29-30(32-37-17-18-51-32)42-44(41-29)25-19-28-31(45)40-36(34(47)48)20-23(36)9-5-3-2-4-6-12-27(33(46)43(28)21-25)39-35(49)38-24-10-7-8-11-24/h5,9,13-18,23-25,27-28H,2-4,6-8,10-12,19-21H2,1H3,(H,40,45)(H,47,48)(H2,38,39,49)/b9-5-/t23-,25+,27-,28+,36+/m1/s1. The number of carboxylic acid groups (broad SMARTS) is 1. The number of urea groups is 1. The van der Waals surface area contributed by atoms with E-state index >= 15 is 0 Å². The lowest BCUT2D eigenvalue weighted by molar-refractivity contribution is -0.145. The highest BCUT2D eigenvalue weighted by atomic mass is 32.1. The molecule has 14 nitrogen and oxygen atoms in total. The van der Waals surface area contributed by atoms with Gasteiger partial charge in [-0.3, -0.25) is 9.59 Å². The van der Waals surface area contributed by atoms with Crippen molar-refractivity contribution in [3.8, 4) is 27.7 Å². The smallest absolute Gasteiger partial charge is 0.330 e. The van der Waals surface area contributed by atoms with Crippen molar-refractivity contribution in [2.24, 2.45) is 5.92 Å². The van der Waals surface area contributed by atoms with Gasteiger partial charge in [-0.15, -0.1) is 16.4 Å². The number of carbonyl (C=O) groups is 4. The molecule has 2 aliphatic carbocycles. The topological polar surface area (TPSA) is 181 Å². The van der Waals surface area contributed by atoms with Gasteiger partial charge in [0.1, 0.15) is 39.8 Å². The van der Waals surface area contributed by atoms with Crippen molar-refractivity contribution in [3.05, 3.63) is 48.0 Å². The van der Waals surface area contributed by atoms with Crippen LogP contribution in [-0.2, 0) is 14.4 Å². The molecule has 4 aliphatic rings. The molecule has 1 aromatic carbocycles. The minimum atomic E-state index is -1.43. The fourth-order valence-electron chi connectivity index (χ4n) is 7.61. The predicted octanol–water partition coefficient (Wildman–Crippen LogP) is 4.31. The first-order valence-electron chi connectivity index (χ1n) is 17.9. The summed E-state index contributed by atoms with van der Waals surface area (Å²) < 4.78 is 5.34. The Morgan fingerprint density at radius 1 is 1.02 bits per heavy atom. The van der Waals surface area contributed by atoms with Crippen LogP contribution in [0.5, 0.6) is 5.75 Å². The maximum absolute atomic E-state index is 14.5. The summed E-state index contributed by atoms with van der Waals surface area (Å²) in [6.07, 6.45) is 13.5. The number of rotatable bonds is 7. The number of ether oxygens (including phenoxy) is 1. The predicted molar refractivity (Wildman–Crippen MR) is 189 cm³/mol. The van der Waals surface area contributed by atoms with Crippen molar-refractivity contribution < 1.29 is 29.0 Å². The zero-order valence-electron chi connectivity index (χ0n) is 28.6. The highest BCUT2D eigenvalue weighted by molar-refractivity contribution is 7.13. The fourth-order valence-corrected chi connectivity index (χ4v) is 8.24. The molecule has 2 saturated carbocycles. The lowest BCUT2D eigenvalue weighted by Crippen LogP contribution is -2.57. The third-order valence-electron chi connectivity index (χ3n) is 10.6. The first-order chi connectivity index (χ1) is 24.8. The number of aromatic nitrogens is 4. The number of carboxylic acids is 1. The summed E-state index contributed by atoms with van der Waals surface area (Å²) in [5, 5.41) is 31.3. The lowest BCUT2D eigenvalue weighted by atomic mass is 10.0. The largest absolute Gasteiger partial charge is 0.497 e. The second kappa shape index (κ2) is 14.8. The van der Waals surface area contributed by atoms with Gasteiger partial charge < -0.3 is 30.7 Å². The van der Waals surface area contributed by atoms with Gasteiger partial charge in [0.2, 0.25) is 11.8 Å². The molecule has 0 unspecified atom stereocenters. The van der Waals surface area contributed by atoms with Gasteiger partial charge in [0, 0.05) is 42.1 Å². The van der Waals surface area contributed by atoms with Crippen molar-refractivity contribution in [1.29, 1.82) is 0 Å². The van der Waals surface area contributed by atoms with Gasteiger partial charge in [-0.2, -0.15) is 9.90 Å². The third kappa shape index (κ3) is 7.34. The molecule has 0 spiro atoms. The summed E-state index contributed by atoms with van der Waals surface area (Å²) >= 11 is 1.42. The Labute approximate surface area is 300 Å². The van der Waals surface area contributed by atoms with Crippen LogP contribution in [0.25, 0.3) is 22.0 Å². The first kappa shape index (κ1) is 34.6. The van der Waals surface area contributed by atoms with Crippen molar-refractivity contribution in [3.63, 3.8) is 0 Å². The monoisotopic (exact) mass is 716 g/mol. The van der Waals surface area contributed by atoms with E-state index in [1.807, 2.05) is 41.8 Å². The van der Waals surface area contributed by atoms with Crippen LogP contribution in [0.4, 0.5) is 4.79 Å². The average Bonchev–Trinajstić information content (AvgIpc) is 3.77. The molecule has 2 aliphatic heterocycles. The number of fused-ring (bicyclic) bond motifs is 2. The van der Waals surface area contributed by atoms with E-state index in [9.17, 15) is 24.3 Å². The van der Waals surface area contributed by atoms with E-state index in [1.54, 1.807) is 18.1 Å². The summed E-state index contributed by atoms with van der Waals surface area (Å²) in [5.74, 6) is -1.67. The Bertz CT molecular complexity index is 1770. The number of allylic oxidation sites excluding steroid dienone is 1. The number of carbonyl (C=O) groups excluding carboxylic acids is 3. The minimum Gasteiger partial charge on any atom is -0.497 e. The number of thiazole rings is 1. The van der Waals surface area contributed by atoms with Gasteiger partial charge in [-0.05, 0) is 62.8 Å². The second-order valence-corrected chi connectivity index (χ2v) is 14.9. The Hall–Kier alpha value is -4.79. The minimum absolute atomic E-state index is 0.0698. The molecule has 4 amide bonds. The van der Waals surface area contributed by atoms with E-state index < -0.39 is 41.6 Å². The molecular formula is C36H44N8O6S. The summed E-state index contributed by atoms with van der Waals surface area (Å²) in [5.41, 5.74) is 0.523. The number of aliphatic carboxylic acids is 1. The van der Waals surface area contributed by atoms with Gasteiger partial charge in [-0.25, -0.2) is 14.6 Å². The molecule has 270 valence electrons. The molecule has 3 fully saturated rings. The SMILES string of the molecule is COc1ccc(-c2nn([C@H]3C[C@H]4C(=O)N[C@@]5(C(=O)O)C[C@H]5/C=C\CCCCC[C@@H](NC(=O)NC5CCCC5)C(=O)N4C3)nc2-c2nccs2)cc1. The fraction of sp³-hybridized carbons (Fsp3) is 0.528. The Kier molecular flexibility index (Phi) is 10.1. The molecular weight excluding hydrogens is 673 g/mol. The molecule has 4 N–H and O–H groups in total. The molecule has 0 radical (unpaired) electrons. The zero-order chi connectivity index (χ0) is 35.5. The second-order valence-electron chi connectivity index (χ2n) is 14.0. The van der Waals surface area contributed by atoms with E-state index in [0.29, 0.717) is 35.0 Å². The van der Waals surface area contributed by atoms with E-state index in [1.165, 1.54) is 16.2 Å². The maximum Gasteiger partial charge on any atom is 0.330 e. The summed E-state index contributed by atoms with van der Waals surface area (Å²) in [7, 11) is 1.60. The van der Waals surface area contributed by atoms with Crippen LogP contribution in [0.1, 0.15) is 76.7 Å². The molecule has 15 heteroatoms. The summed E-state index contributed by atoms with van der Waals surface area (Å²) in [6, 6.07) is 4.74. The molecule has 7 rings (SSSR count). The van der Waals surface area contributed by atoms with Crippen LogP contribution in [-0.4, -0.2) is 91.1 Å². The molecule has 2 aromatic heterocycles. The molecule has 0 bridgehead atoms. The number of nitrogens with one attached hydrogen (secondary N) is 3. The van der Waals surface area contributed by atoms with Gasteiger partial charge in [0.05, 0.1) is 13.2 Å². The molecule has 3 aromatic rings. The number of amides is 4. The van der Waals surface area contributed by atoms with Gasteiger partial charge in [0.25, 0.3) is 0 Å². The number of nitrogens with zero attached hydrogens (tertiary/aromatic N) is 5. The first-order valence-corrected chi connectivity index (χ1v) is 18.7. The van der Waals surface area contributed by atoms with Gasteiger partial charge in [-0.1, -0.05) is 37.8 Å². The quantitative estimate of drug-likeness (QED) is 0.259. The van der Waals surface area contributed by atoms with E-state index in [4.69, 9.17) is 14.9 Å². The molecule has 4 heterocycles. The van der Waals surface area contributed by atoms with Crippen LogP contribution in [0, 0.1) is 5.92 Å². The summed E-state index contributed by atoms with van der Waals surface area (Å²) in [6.45, 7) is 0.0940. The van der Waals surface area contributed by atoms with Crippen molar-refractivity contribution in [2.45, 2.75) is 100 Å². The third-order valence-corrected chi connectivity index (χ3v) is 11.4. The Morgan fingerprint density at radius 3 is 2.51 bits per heavy atom. The van der Waals surface area contributed by atoms with Crippen molar-refractivity contribution >= 4 is 35.2 Å². The molecule has 1 saturated heterocycles.